The molecule has 2 nitrogen and oxygen atoms in total. The molecule has 2 heteroatoms. The first-order valence-electron chi connectivity index (χ1n) is 5.08. The van der Waals surface area contributed by atoms with E-state index in [4.69, 9.17) is 11.5 Å². The molecule has 0 saturated heterocycles. The maximum Gasteiger partial charge on any atom is 0.0434 e. The van der Waals surface area contributed by atoms with Crippen molar-refractivity contribution in [2.75, 3.05) is 0 Å². The van der Waals surface area contributed by atoms with Crippen molar-refractivity contribution in [3.05, 3.63) is 22.4 Å². The van der Waals surface area contributed by atoms with Crippen LogP contribution in [0.4, 0.5) is 0 Å². The molecule has 0 aliphatic heterocycles. The van der Waals surface area contributed by atoms with E-state index in [1.54, 1.807) is 0 Å². The SMILES string of the molecule is CC1=C(C)C(C)(N)C(C)(C)C(C)=C1N. The smallest absolute Gasteiger partial charge is 0.0434 e. The minimum absolute atomic E-state index is 0.0688. The lowest BCUT2D eigenvalue weighted by atomic mass is 9.61. The molecule has 0 aromatic heterocycles. The van der Waals surface area contributed by atoms with E-state index >= 15 is 0 Å². The fourth-order valence-electron chi connectivity index (χ4n) is 2.07. The van der Waals surface area contributed by atoms with Crippen LogP contribution in [0.2, 0.25) is 0 Å². The molecule has 1 unspecified atom stereocenters. The van der Waals surface area contributed by atoms with Crippen LogP contribution in [0.3, 0.4) is 0 Å². The van der Waals surface area contributed by atoms with E-state index < -0.39 is 0 Å². The van der Waals surface area contributed by atoms with E-state index in [9.17, 15) is 0 Å². The molecule has 1 aliphatic rings. The van der Waals surface area contributed by atoms with Gasteiger partial charge in [-0.3, -0.25) is 0 Å². The van der Waals surface area contributed by atoms with Crippen molar-refractivity contribution in [3.63, 3.8) is 0 Å². The molecule has 14 heavy (non-hydrogen) atoms. The minimum Gasteiger partial charge on any atom is -0.399 e. The van der Waals surface area contributed by atoms with Crippen molar-refractivity contribution in [2.24, 2.45) is 16.9 Å². The summed E-state index contributed by atoms with van der Waals surface area (Å²) >= 11 is 0. The summed E-state index contributed by atoms with van der Waals surface area (Å²) in [6.07, 6.45) is 0. The van der Waals surface area contributed by atoms with Crippen molar-refractivity contribution >= 4 is 0 Å². The van der Waals surface area contributed by atoms with Gasteiger partial charge in [-0.2, -0.15) is 0 Å². The highest BCUT2D eigenvalue weighted by molar-refractivity contribution is 5.47. The summed E-state index contributed by atoms with van der Waals surface area (Å²) in [5.41, 5.74) is 16.6. The maximum absolute atomic E-state index is 6.39. The van der Waals surface area contributed by atoms with Gasteiger partial charge in [0.2, 0.25) is 0 Å². The van der Waals surface area contributed by atoms with E-state index in [2.05, 4.69) is 41.5 Å². The van der Waals surface area contributed by atoms with Crippen LogP contribution in [0, 0.1) is 5.41 Å². The van der Waals surface area contributed by atoms with E-state index in [1.165, 1.54) is 11.1 Å². The predicted molar refractivity (Wildman–Crippen MR) is 61.6 cm³/mol. The number of hydrogen-bond donors (Lipinski definition) is 2. The van der Waals surface area contributed by atoms with Crippen LogP contribution in [0.5, 0.6) is 0 Å². The van der Waals surface area contributed by atoms with Crippen LogP contribution in [0.15, 0.2) is 22.4 Å². The highest BCUT2D eigenvalue weighted by Gasteiger charge is 2.44. The normalized spacial score (nSPS) is 32.5. The molecule has 0 heterocycles. The van der Waals surface area contributed by atoms with Crippen LogP contribution in [0.1, 0.15) is 41.5 Å². The molecule has 0 fully saturated rings. The lowest BCUT2D eigenvalue weighted by Crippen LogP contribution is -2.54. The molecule has 0 bridgehead atoms. The molecule has 0 amide bonds. The average molecular weight is 194 g/mol. The fourth-order valence-corrected chi connectivity index (χ4v) is 2.07. The zero-order chi connectivity index (χ0) is 11.3. The Balaban J connectivity index is 3.48. The van der Waals surface area contributed by atoms with Crippen LogP contribution in [-0.2, 0) is 0 Å². The first kappa shape index (κ1) is 11.3. The molecule has 0 saturated carbocycles. The van der Waals surface area contributed by atoms with E-state index in [-0.39, 0.29) is 11.0 Å². The number of allylic oxidation sites excluding steroid dienone is 1. The number of nitrogens with two attached hydrogens (primary N) is 2. The molecule has 4 N–H and O–H groups in total. The maximum atomic E-state index is 6.39. The second-order valence-corrected chi connectivity index (χ2v) is 5.12. The Bertz CT molecular complexity index is 296. The standard InChI is InChI=1S/C12H22N2/c1-7-8(2)12(6,14)11(4,5)9(3)10(7)13/h13-14H2,1-6H3. The van der Waals surface area contributed by atoms with Crippen molar-refractivity contribution < 1.29 is 0 Å². The van der Waals surface area contributed by atoms with Gasteiger partial charge in [0.1, 0.15) is 0 Å². The zero-order valence-electron chi connectivity index (χ0n) is 10.2. The van der Waals surface area contributed by atoms with E-state index in [1.807, 2.05) is 0 Å². The largest absolute Gasteiger partial charge is 0.399 e. The minimum atomic E-state index is -0.302. The third-order valence-electron chi connectivity index (χ3n) is 4.39. The molecular weight excluding hydrogens is 172 g/mol. The number of hydrogen-bond acceptors (Lipinski definition) is 2. The Morgan fingerprint density at radius 3 is 1.79 bits per heavy atom. The fraction of sp³-hybridized carbons (Fsp3) is 0.667. The van der Waals surface area contributed by atoms with Crippen molar-refractivity contribution in [3.8, 4) is 0 Å². The van der Waals surface area contributed by atoms with Gasteiger partial charge in [0.25, 0.3) is 0 Å². The summed E-state index contributed by atoms with van der Waals surface area (Å²) in [4.78, 5) is 0. The number of rotatable bonds is 0. The van der Waals surface area contributed by atoms with Gasteiger partial charge in [-0.05, 0) is 44.4 Å². The molecule has 0 radical (unpaired) electrons. The lowest BCUT2D eigenvalue weighted by Gasteiger charge is -2.47. The van der Waals surface area contributed by atoms with Gasteiger partial charge in [-0.25, -0.2) is 0 Å². The van der Waals surface area contributed by atoms with Gasteiger partial charge in [0.15, 0.2) is 0 Å². The van der Waals surface area contributed by atoms with Gasteiger partial charge in [0.05, 0.1) is 0 Å². The quantitative estimate of drug-likeness (QED) is 0.621. The molecule has 80 valence electrons. The van der Waals surface area contributed by atoms with Crippen molar-refractivity contribution in [1.82, 2.24) is 0 Å². The molecule has 0 spiro atoms. The van der Waals surface area contributed by atoms with Gasteiger partial charge in [-0.1, -0.05) is 13.8 Å². The lowest BCUT2D eigenvalue weighted by molar-refractivity contribution is 0.262. The summed E-state index contributed by atoms with van der Waals surface area (Å²) in [7, 11) is 0. The molecular formula is C12H22N2. The Labute approximate surface area is 87.0 Å². The molecule has 1 aliphatic carbocycles. The Hall–Kier alpha value is -0.760. The van der Waals surface area contributed by atoms with Crippen LogP contribution < -0.4 is 11.5 Å². The molecule has 1 atom stereocenters. The van der Waals surface area contributed by atoms with E-state index in [0.717, 1.165) is 11.3 Å². The topological polar surface area (TPSA) is 52.0 Å². The predicted octanol–water partition coefficient (Wildman–Crippen LogP) is 2.31. The summed E-state index contributed by atoms with van der Waals surface area (Å²) in [5, 5.41) is 0. The van der Waals surface area contributed by atoms with Crippen molar-refractivity contribution in [2.45, 2.75) is 47.1 Å². The van der Waals surface area contributed by atoms with Crippen LogP contribution in [-0.4, -0.2) is 5.54 Å². The van der Waals surface area contributed by atoms with Gasteiger partial charge < -0.3 is 11.5 Å². The summed E-state index contributed by atoms with van der Waals surface area (Å²) in [6.45, 7) is 12.6. The molecule has 0 aromatic rings. The van der Waals surface area contributed by atoms with E-state index in [0.29, 0.717) is 0 Å². The zero-order valence-corrected chi connectivity index (χ0v) is 10.2. The summed E-state index contributed by atoms with van der Waals surface area (Å²) in [6, 6.07) is 0. The Morgan fingerprint density at radius 1 is 0.929 bits per heavy atom. The second-order valence-electron chi connectivity index (χ2n) is 5.12. The monoisotopic (exact) mass is 194 g/mol. The Morgan fingerprint density at radius 2 is 1.36 bits per heavy atom. The molecule has 1 rings (SSSR count). The first-order chi connectivity index (χ1) is 6.14. The van der Waals surface area contributed by atoms with Crippen molar-refractivity contribution in [1.29, 1.82) is 0 Å². The first-order valence-corrected chi connectivity index (χ1v) is 5.08. The molecule has 0 aromatic carbocycles. The third kappa shape index (κ3) is 1.13. The van der Waals surface area contributed by atoms with Crippen LogP contribution >= 0.6 is 0 Å². The van der Waals surface area contributed by atoms with Crippen LogP contribution in [0.25, 0.3) is 0 Å². The van der Waals surface area contributed by atoms with Gasteiger partial charge >= 0.3 is 0 Å². The summed E-state index contributed by atoms with van der Waals surface area (Å²) < 4.78 is 0. The average Bonchev–Trinajstić information content (AvgIpc) is 2.10. The third-order valence-corrected chi connectivity index (χ3v) is 4.39. The Kier molecular flexibility index (Phi) is 2.31. The summed E-state index contributed by atoms with van der Waals surface area (Å²) in [5.74, 6) is 0. The highest BCUT2D eigenvalue weighted by atomic mass is 14.8. The highest BCUT2D eigenvalue weighted by Crippen LogP contribution is 2.46. The van der Waals surface area contributed by atoms with Gasteiger partial charge in [-0.15, -0.1) is 0 Å². The van der Waals surface area contributed by atoms with Gasteiger partial charge in [0, 0.05) is 16.7 Å². The second kappa shape index (κ2) is 2.86.